The van der Waals surface area contributed by atoms with Gasteiger partial charge in [0.2, 0.25) is 5.91 Å². The van der Waals surface area contributed by atoms with Crippen LogP contribution in [0.1, 0.15) is 5.56 Å². The second kappa shape index (κ2) is 10.4. The summed E-state index contributed by atoms with van der Waals surface area (Å²) in [4.78, 5) is 30.2. The van der Waals surface area contributed by atoms with Gasteiger partial charge in [-0.15, -0.1) is 0 Å². The summed E-state index contributed by atoms with van der Waals surface area (Å²) < 4.78 is 43.6. The number of thioether (sulfide) groups is 1. The normalized spacial score (nSPS) is 11.1. The van der Waals surface area contributed by atoms with Gasteiger partial charge in [-0.25, -0.2) is 9.37 Å². The van der Waals surface area contributed by atoms with Crippen LogP contribution in [0, 0.1) is 5.82 Å². The maximum atomic E-state index is 13.3. The zero-order valence-corrected chi connectivity index (χ0v) is 18.4. The van der Waals surface area contributed by atoms with Gasteiger partial charge in [0.25, 0.3) is 5.56 Å². The highest BCUT2D eigenvalue weighted by Gasteiger charge is 2.14. The summed E-state index contributed by atoms with van der Waals surface area (Å²) in [5.74, 6) is -0.827. The molecular weight excluding hydrogens is 467 g/mol. The van der Waals surface area contributed by atoms with Crippen LogP contribution in [-0.2, 0) is 11.3 Å². The van der Waals surface area contributed by atoms with Gasteiger partial charge in [0.1, 0.15) is 11.6 Å². The van der Waals surface area contributed by atoms with Crippen LogP contribution in [-0.4, -0.2) is 27.8 Å². The molecule has 0 spiro atoms. The number of benzene rings is 3. The summed E-state index contributed by atoms with van der Waals surface area (Å²) in [5, 5.41) is 3.43. The topological polar surface area (TPSA) is 73.2 Å². The van der Waals surface area contributed by atoms with Crippen molar-refractivity contribution in [1.29, 1.82) is 0 Å². The van der Waals surface area contributed by atoms with Crippen molar-refractivity contribution in [2.24, 2.45) is 0 Å². The molecule has 0 fully saturated rings. The minimum Gasteiger partial charge on any atom is -0.435 e. The lowest BCUT2D eigenvalue weighted by atomic mass is 10.2. The zero-order valence-electron chi connectivity index (χ0n) is 17.6. The lowest BCUT2D eigenvalue weighted by Crippen LogP contribution is -2.25. The summed E-state index contributed by atoms with van der Waals surface area (Å²) in [7, 11) is 0. The molecule has 4 rings (SSSR count). The van der Waals surface area contributed by atoms with Gasteiger partial charge in [-0.3, -0.25) is 14.2 Å². The van der Waals surface area contributed by atoms with E-state index in [2.05, 4.69) is 15.0 Å². The number of halogens is 3. The molecule has 0 atom stereocenters. The molecule has 1 aromatic heterocycles. The number of anilines is 1. The van der Waals surface area contributed by atoms with E-state index in [1.54, 1.807) is 36.4 Å². The van der Waals surface area contributed by atoms with Crippen LogP contribution in [0.3, 0.4) is 0 Å². The second-order valence-electron chi connectivity index (χ2n) is 7.17. The number of ether oxygens (including phenoxy) is 1. The molecule has 10 heteroatoms. The monoisotopic (exact) mass is 485 g/mol. The van der Waals surface area contributed by atoms with Crippen molar-refractivity contribution in [2.45, 2.75) is 18.3 Å². The largest absolute Gasteiger partial charge is 0.435 e. The summed E-state index contributed by atoms with van der Waals surface area (Å²) in [5.41, 5.74) is 1.34. The Balaban J connectivity index is 1.52. The highest BCUT2D eigenvalue weighted by Crippen LogP contribution is 2.21. The van der Waals surface area contributed by atoms with E-state index in [1.807, 2.05) is 0 Å². The Labute approximate surface area is 196 Å². The molecule has 0 radical (unpaired) electrons. The number of amides is 1. The Morgan fingerprint density at radius 1 is 1.03 bits per heavy atom. The summed E-state index contributed by atoms with van der Waals surface area (Å²) in [6.07, 6.45) is 0. The molecule has 4 aromatic rings. The number of aromatic nitrogens is 2. The molecule has 0 aliphatic rings. The number of hydrogen-bond donors (Lipinski definition) is 1. The standard InChI is InChI=1S/C24H18F3N3O3S/c25-16-7-5-15(6-8-16)13-30-22(32)19-3-1-2-4-20(19)29-24(30)34-14-21(31)28-17-9-11-18(12-10-17)33-23(26)27/h1-12,23H,13-14H2,(H,28,31). The van der Waals surface area contributed by atoms with E-state index in [1.165, 1.54) is 41.0 Å². The lowest BCUT2D eigenvalue weighted by molar-refractivity contribution is -0.113. The average Bonchev–Trinajstić information content (AvgIpc) is 2.82. The highest BCUT2D eigenvalue weighted by atomic mass is 32.2. The molecule has 0 bridgehead atoms. The van der Waals surface area contributed by atoms with E-state index in [-0.39, 0.29) is 35.3 Å². The van der Waals surface area contributed by atoms with Gasteiger partial charge >= 0.3 is 6.61 Å². The van der Waals surface area contributed by atoms with Crippen LogP contribution in [0.15, 0.2) is 82.7 Å². The number of fused-ring (bicyclic) bond motifs is 1. The molecule has 0 saturated heterocycles. The highest BCUT2D eigenvalue weighted by molar-refractivity contribution is 7.99. The van der Waals surface area contributed by atoms with Crippen molar-refractivity contribution in [1.82, 2.24) is 9.55 Å². The van der Waals surface area contributed by atoms with Crippen LogP contribution >= 0.6 is 11.8 Å². The first kappa shape index (κ1) is 23.4. The number of carbonyl (C=O) groups excluding carboxylic acids is 1. The molecule has 3 aromatic carbocycles. The Hall–Kier alpha value is -3.79. The number of alkyl halides is 2. The van der Waals surface area contributed by atoms with Crippen LogP contribution < -0.4 is 15.6 Å². The first-order valence-electron chi connectivity index (χ1n) is 10.1. The van der Waals surface area contributed by atoms with Gasteiger partial charge in [0.05, 0.1) is 23.2 Å². The number of para-hydroxylation sites is 1. The number of carbonyl (C=O) groups is 1. The predicted octanol–water partition coefficient (Wildman–Crippen LogP) is 4.92. The molecule has 1 N–H and O–H groups in total. The molecule has 1 heterocycles. The smallest absolute Gasteiger partial charge is 0.387 e. The number of nitrogens with zero attached hydrogens (tertiary/aromatic N) is 2. The molecule has 0 aliphatic heterocycles. The van der Waals surface area contributed by atoms with Crippen molar-refractivity contribution in [3.63, 3.8) is 0 Å². The van der Waals surface area contributed by atoms with E-state index >= 15 is 0 Å². The van der Waals surface area contributed by atoms with Crippen molar-refractivity contribution in [3.05, 3.63) is 94.5 Å². The SMILES string of the molecule is O=C(CSc1nc2ccccc2c(=O)n1Cc1ccc(F)cc1)Nc1ccc(OC(F)F)cc1. The third-order valence-corrected chi connectivity index (χ3v) is 5.75. The summed E-state index contributed by atoms with van der Waals surface area (Å²) >= 11 is 1.08. The molecule has 0 unspecified atom stereocenters. The van der Waals surface area contributed by atoms with Crippen LogP contribution in [0.4, 0.5) is 18.9 Å². The zero-order chi connectivity index (χ0) is 24.1. The first-order chi connectivity index (χ1) is 16.4. The molecule has 174 valence electrons. The molecular formula is C24H18F3N3O3S. The summed E-state index contributed by atoms with van der Waals surface area (Å²) in [6, 6.07) is 18.2. The van der Waals surface area contributed by atoms with Gasteiger partial charge in [-0.2, -0.15) is 8.78 Å². The van der Waals surface area contributed by atoms with Crippen molar-refractivity contribution in [2.75, 3.05) is 11.1 Å². The maximum absolute atomic E-state index is 13.3. The van der Waals surface area contributed by atoms with Crippen molar-refractivity contribution < 1.29 is 22.7 Å². The average molecular weight is 485 g/mol. The van der Waals surface area contributed by atoms with E-state index in [0.717, 1.165) is 11.8 Å². The molecule has 0 saturated carbocycles. The maximum Gasteiger partial charge on any atom is 0.387 e. The minimum absolute atomic E-state index is 0.0208. The van der Waals surface area contributed by atoms with E-state index < -0.39 is 6.61 Å². The quantitative estimate of drug-likeness (QED) is 0.283. The van der Waals surface area contributed by atoms with E-state index in [9.17, 15) is 22.8 Å². The number of nitrogens with one attached hydrogen (secondary N) is 1. The Morgan fingerprint density at radius 2 is 1.74 bits per heavy atom. The van der Waals surface area contributed by atoms with E-state index in [4.69, 9.17) is 0 Å². The Kier molecular flexibility index (Phi) is 7.17. The molecule has 6 nitrogen and oxygen atoms in total. The van der Waals surface area contributed by atoms with Crippen LogP contribution in [0.5, 0.6) is 5.75 Å². The molecule has 34 heavy (non-hydrogen) atoms. The van der Waals surface area contributed by atoms with Gasteiger partial charge in [0.15, 0.2) is 5.16 Å². The summed E-state index contributed by atoms with van der Waals surface area (Å²) in [6.45, 7) is -2.77. The Morgan fingerprint density at radius 3 is 2.44 bits per heavy atom. The fourth-order valence-electron chi connectivity index (χ4n) is 3.22. The fourth-order valence-corrected chi connectivity index (χ4v) is 4.02. The minimum atomic E-state index is -2.93. The lowest BCUT2D eigenvalue weighted by Gasteiger charge is -2.13. The van der Waals surface area contributed by atoms with Gasteiger partial charge in [-0.05, 0) is 54.1 Å². The first-order valence-corrected chi connectivity index (χ1v) is 11.1. The van der Waals surface area contributed by atoms with Gasteiger partial charge < -0.3 is 10.1 Å². The predicted molar refractivity (Wildman–Crippen MR) is 124 cm³/mol. The second-order valence-corrected chi connectivity index (χ2v) is 8.11. The molecule has 0 aliphatic carbocycles. The number of rotatable bonds is 8. The Bertz CT molecular complexity index is 1360. The van der Waals surface area contributed by atoms with Gasteiger partial charge in [0, 0.05) is 5.69 Å². The third-order valence-electron chi connectivity index (χ3n) is 4.78. The molecule has 1 amide bonds. The fraction of sp³-hybridized carbons (Fsp3) is 0.125. The third kappa shape index (κ3) is 5.76. The van der Waals surface area contributed by atoms with Gasteiger partial charge in [-0.1, -0.05) is 36.0 Å². The van der Waals surface area contributed by atoms with Crippen LogP contribution in [0.25, 0.3) is 10.9 Å². The number of hydrogen-bond acceptors (Lipinski definition) is 5. The van der Waals surface area contributed by atoms with Crippen molar-refractivity contribution in [3.8, 4) is 5.75 Å². The van der Waals surface area contributed by atoms with Crippen LogP contribution in [0.2, 0.25) is 0 Å². The van der Waals surface area contributed by atoms with Crippen molar-refractivity contribution >= 4 is 34.3 Å². The van der Waals surface area contributed by atoms with E-state index in [0.29, 0.717) is 27.3 Å².